The van der Waals surface area contributed by atoms with Crippen molar-refractivity contribution in [3.05, 3.63) is 65.2 Å². The molecule has 0 radical (unpaired) electrons. The van der Waals surface area contributed by atoms with Crippen LogP contribution in [0.4, 0.5) is 0 Å². The molecule has 0 heterocycles. The fourth-order valence-electron chi connectivity index (χ4n) is 2.51. The third-order valence-corrected chi connectivity index (χ3v) is 3.87. The Balaban J connectivity index is 2.08. The van der Waals surface area contributed by atoms with Crippen LogP contribution in [0.1, 0.15) is 50.4 Å². The lowest BCUT2D eigenvalue weighted by Crippen LogP contribution is -2.14. The minimum absolute atomic E-state index is 0.0131. The van der Waals surface area contributed by atoms with Crippen molar-refractivity contribution in [3.8, 4) is 5.75 Å². The van der Waals surface area contributed by atoms with Crippen molar-refractivity contribution >= 4 is 0 Å². The summed E-state index contributed by atoms with van der Waals surface area (Å²) in [7, 11) is 0. The van der Waals surface area contributed by atoms with Crippen molar-refractivity contribution in [1.82, 2.24) is 0 Å². The van der Waals surface area contributed by atoms with Gasteiger partial charge in [-0.15, -0.1) is 0 Å². The smallest absolute Gasteiger partial charge is 0.119 e. The molecule has 2 aromatic carbocycles. The maximum Gasteiger partial charge on any atom is 0.119 e. The Labute approximate surface area is 134 Å². The third-order valence-electron chi connectivity index (χ3n) is 3.87. The molecule has 2 aromatic rings. The summed E-state index contributed by atoms with van der Waals surface area (Å²) in [4.78, 5) is 0. The quantitative estimate of drug-likeness (QED) is 0.873. The highest BCUT2D eigenvalue weighted by atomic mass is 16.5. The van der Waals surface area contributed by atoms with Gasteiger partial charge in [0.2, 0.25) is 0 Å². The fourth-order valence-corrected chi connectivity index (χ4v) is 2.51. The summed E-state index contributed by atoms with van der Waals surface area (Å²) in [6.07, 6.45) is 0.833. The van der Waals surface area contributed by atoms with Gasteiger partial charge in [-0.3, -0.25) is 0 Å². The van der Waals surface area contributed by atoms with Crippen LogP contribution in [-0.4, -0.2) is 6.61 Å². The molecule has 1 atom stereocenters. The average Bonchev–Trinajstić information content (AvgIpc) is 2.47. The minimum atomic E-state index is -0.0131. The van der Waals surface area contributed by atoms with Gasteiger partial charge in [0.25, 0.3) is 0 Å². The van der Waals surface area contributed by atoms with Crippen LogP contribution in [0.5, 0.6) is 5.75 Å². The van der Waals surface area contributed by atoms with E-state index >= 15 is 0 Å². The second-order valence-electron chi connectivity index (χ2n) is 6.76. The number of hydrogen-bond donors (Lipinski definition) is 1. The molecule has 2 heteroatoms. The molecule has 2 nitrogen and oxygen atoms in total. The summed E-state index contributed by atoms with van der Waals surface area (Å²) >= 11 is 0. The zero-order valence-corrected chi connectivity index (χ0v) is 14.1. The van der Waals surface area contributed by atoms with Gasteiger partial charge in [0.1, 0.15) is 5.75 Å². The molecular formula is C20H27NO. The lowest BCUT2D eigenvalue weighted by Gasteiger charge is -2.20. The van der Waals surface area contributed by atoms with Crippen molar-refractivity contribution < 1.29 is 4.74 Å². The van der Waals surface area contributed by atoms with E-state index in [1.807, 2.05) is 25.1 Å². The molecule has 0 aliphatic rings. The van der Waals surface area contributed by atoms with Crippen LogP contribution < -0.4 is 10.5 Å². The van der Waals surface area contributed by atoms with Gasteiger partial charge < -0.3 is 10.5 Å². The van der Waals surface area contributed by atoms with Crippen LogP contribution in [0.15, 0.2) is 48.5 Å². The molecule has 0 aliphatic heterocycles. The van der Waals surface area contributed by atoms with E-state index in [9.17, 15) is 0 Å². The van der Waals surface area contributed by atoms with Crippen molar-refractivity contribution in [2.75, 3.05) is 6.61 Å². The summed E-state index contributed by atoms with van der Waals surface area (Å²) < 4.78 is 5.54. The first-order valence-electron chi connectivity index (χ1n) is 7.98. The standard InChI is InChI=1S/C20H27NO/c1-5-22-18-8-6-7-16(14-18)19(21)13-15-9-11-17(12-10-15)20(2,3)4/h6-12,14,19H,5,13,21H2,1-4H3. The monoisotopic (exact) mass is 297 g/mol. The number of hydrogen-bond acceptors (Lipinski definition) is 2. The van der Waals surface area contributed by atoms with E-state index in [0.717, 1.165) is 17.7 Å². The Bertz CT molecular complexity index is 596. The SMILES string of the molecule is CCOc1cccc(C(N)Cc2ccc(C(C)(C)C)cc2)c1. The fraction of sp³-hybridized carbons (Fsp3) is 0.400. The molecule has 0 spiro atoms. The molecule has 1 unspecified atom stereocenters. The Kier molecular flexibility index (Phi) is 5.25. The second-order valence-corrected chi connectivity index (χ2v) is 6.76. The van der Waals surface area contributed by atoms with E-state index in [2.05, 4.69) is 51.1 Å². The summed E-state index contributed by atoms with van der Waals surface area (Å²) in [6, 6.07) is 16.9. The van der Waals surface area contributed by atoms with Crippen LogP contribution >= 0.6 is 0 Å². The van der Waals surface area contributed by atoms with Gasteiger partial charge >= 0.3 is 0 Å². The first-order chi connectivity index (χ1) is 10.4. The van der Waals surface area contributed by atoms with Crippen LogP contribution in [-0.2, 0) is 11.8 Å². The van der Waals surface area contributed by atoms with Gasteiger partial charge in [-0.25, -0.2) is 0 Å². The van der Waals surface area contributed by atoms with Crippen LogP contribution in [0.3, 0.4) is 0 Å². The minimum Gasteiger partial charge on any atom is -0.494 e. The predicted molar refractivity (Wildman–Crippen MR) is 93.4 cm³/mol. The highest BCUT2D eigenvalue weighted by Crippen LogP contribution is 2.24. The second kappa shape index (κ2) is 6.97. The molecule has 0 bridgehead atoms. The zero-order valence-electron chi connectivity index (χ0n) is 14.1. The predicted octanol–water partition coefficient (Wildman–Crippen LogP) is 4.63. The third kappa shape index (κ3) is 4.35. The highest BCUT2D eigenvalue weighted by molar-refractivity contribution is 5.33. The van der Waals surface area contributed by atoms with E-state index < -0.39 is 0 Å². The largest absolute Gasteiger partial charge is 0.494 e. The molecule has 0 saturated heterocycles. The lowest BCUT2D eigenvalue weighted by molar-refractivity contribution is 0.339. The Morgan fingerprint density at radius 3 is 2.32 bits per heavy atom. The van der Waals surface area contributed by atoms with Crippen LogP contribution in [0.25, 0.3) is 0 Å². The van der Waals surface area contributed by atoms with Gasteiger partial charge in [-0.2, -0.15) is 0 Å². The Hall–Kier alpha value is -1.80. The lowest BCUT2D eigenvalue weighted by atomic mass is 9.86. The maximum atomic E-state index is 6.36. The number of benzene rings is 2. The molecule has 0 amide bonds. The van der Waals surface area contributed by atoms with Crippen LogP contribution in [0.2, 0.25) is 0 Å². The molecule has 118 valence electrons. The van der Waals surface area contributed by atoms with Crippen molar-refractivity contribution in [2.24, 2.45) is 5.73 Å². The summed E-state index contributed by atoms with van der Waals surface area (Å²) in [5.41, 5.74) is 10.3. The Morgan fingerprint density at radius 1 is 1.05 bits per heavy atom. The van der Waals surface area contributed by atoms with E-state index in [-0.39, 0.29) is 11.5 Å². The van der Waals surface area contributed by atoms with E-state index in [1.54, 1.807) is 0 Å². The molecule has 2 rings (SSSR count). The van der Waals surface area contributed by atoms with Crippen molar-refractivity contribution in [2.45, 2.75) is 45.6 Å². The number of ether oxygens (including phenoxy) is 1. The van der Waals surface area contributed by atoms with Gasteiger partial charge in [-0.1, -0.05) is 57.2 Å². The molecule has 22 heavy (non-hydrogen) atoms. The van der Waals surface area contributed by atoms with E-state index in [4.69, 9.17) is 10.5 Å². The number of nitrogens with two attached hydrogens (primary N) is 1. The highest BCUT2D eigenvalue weighted by Gasteiger charge is 2.14. The molecule has 0 aromatic heterocycles. The first-order valence-corrected chi connectivity index (χ1v) is 7.98. The normalized spacial score (nSPS) is 13.0. The summed E-state index contributed by atoms with van der Waals surface area (Å²) in [5, 5.41) is 0. The van der Waals surface area contributed by atoms with E-state index in [1.165, 1.54) is 11.1 Å². The zero-order chi connectivity index (χ0) is 16.2. The number of rotatable bonds is 5. The topological polar surface area (TPSA) is 35.2 Å². The summed E-state index contributed by atoms with van der Waals surface area (Å²) in [5.74, 6) is 0.888. The van der Waals surface area contributed by atoms with Gasteiger partial charge in [-0.05, 0) is 47.6 Å². The molecular weight excluding hydrogens is 270 g/mol. The van der Waals surface area contributed by atoms with Gasteiger partial charge in [0.15, 0.2) is 0 Å². The molecule has 0 fully saturated rings. The molecule has 0 saturated carbocycles. The van der Waals surface area contributed by atoms with E-state index in [0.29, 0.717) is 6.61 Å². The maximum absolute atomic E-state index is 6.36. The van der Waals surface area contributed by atoms with Gasteiger partial charge in [0, 0.05) is 6.04 Å². The Morgan fingerprint density at radius 2 is 1.73 bits per heavy atom. The van der Waals surface area contributed by atoms with Crippen molar-refractivity contribution in [1.29, 1.82) is 0 Å². The van der Waals surface area contributed by atoms with Crippen LogP contribution in [0, 0.1) is 0 Å². The molecule has 0 aliphatic carbocycles. The summed E-state index contributed by atoms with van der Waals surface area (Å²) in [6.45, 7) is 9.35. The van der Waals surface area contributed by atoms with Gasteiger partial charge in [0.05, 0.1) is 6.61 Å². The van der Waals surface area contributed by atoms with Crippen molar-refractivity contribution in [3.63, 3.8) is 0 Å². The average molecular weight is 297 g/mol. The molecule has 2 N–H and O–H groups in total. The first kappa shape index (κ1) is 16.6.